The highest BCUT2D eigenvalue weighted by Gasteiger charge is 2.37. The standard InChI is InChI=1S/C33H28FN5O3S/c1-42-27-15-13-26(14-16-27)39-33-30(31(37-39)22-8-3-2-4-9-22)32(23-10-7-11-24(34)18-23)43-21-29(41)38(33)20-28(40)36-19-25-12-5-6-17-35-25/h2-18,32H,19-21H2,1H3,(H,36,40)/t32-/m1/s1. The average Bonchev–Trinajstić information content (AvgIpc) is 3.37. The predicted octanol–water partition coefficient (Wildman–Crippen LogP) is 5.57. The molecule has 6 rings (SSSR count). The maximum atomic E-state index is 14.5. The van der Waals surface area contributed by atoms with Crippen molar-refractivity contribution in [3.8, 4) is 22.7 Å². The molecule has 1 N–H and O–H groups in total. The molecule has 0 saturated heterocycles. The van der Waals surface area contributed by atoms with Gasteiger partial charge in [0, 0.05) is 17.3 Å². The lowest BCUT2D eigenvalue weighted by Crippen LogP contribution is -2.42. The summed E-state index contributed by atoms with van der Waals surface area (Å²) < 4.78 is 21.6. The maximum absolute atomic E-state index is 14.5. The Morgan fingerprint density at radius 2 is 1.81 bits per heavy atom. The summed E-state index contributed by atoms with van der Waals surface area (Å²) in [5.41, 5.74) is 4.28. The van der Waals surface area contributed by atoms with Gasteiger partial charge in [0.05, 0.1) is 41.7 Å². The van der Waals surface area contributed by atoms with Crippen LogP contribution in [0.1, 0.15) is 22.1 Å². The van der Waals surface area contributed by atoms with Crippen LogP contribution in [0.5, 0.6) is 5.75 Å². The minimum absolute atomic E-state index is 0.0836. The highest BCUT2D eigenvalue weighted by atomic mass is 32.2. The zero-order valence-electron chi connectivity index (χ0n) is 23.3. The topological polar surface area (TPSA) is 89.3 Å². The smallest absolute Gasteiger partial charge is 0.240 e. The van der Waals surface area contributed by atoms with Gasteiger partial charge in [0.2, 0.25) is 11.8 Å². The molecule has 5 aromatic rings. The molecule has 1 atom stereocenters. The third-order valence-corrected chi connectivity index (χ3v) is 8.35. The van der Waals surface area contributed by atoms with Crippen molar-refractivity contribution in [1.29, 1.82) is 0 Å². The van der Waals surface area contributed by atoms with Crippen molar-refractivity contribution < 1.29 is 18.7 Å². The number of hydrogen-bond acceptors (Lipinski definition) is 6. The van der Waals surface area contributed by atoms with Crippen molar-refractivity contribution in [3.05, 3.63) is 126 Å². The first-order valence-electron chi connectivity index (χ1n) is 13.7. The number of carbonyl (C=O) groups is 2. The number of ether oxygens (including phenoxy) is 1. The molecule has 2 amide bonds. The Kier molecular flexibility index (Phi) is 8.19. The molecule has 10 heteroatoms. The number of thioether (sulfide) groups is 1. The lowest BCUT2D eigenvalue weighted by atomic mass is 9.99. The molecule has 3 aromatic carbocycles. The Morgan fingerprint density at radius 3 is 2.53 bits per heavy atom. The fourth-order valence-electron chi connectivity index (χ4n) is 5.06. The van der Waals surface area contributed by atoms with Crippen LogP contribution in [0, 0.1) is 5.82 Å². The van der Waals surface area contributed by atoms with Crippen LogP contribution in [0.15, 0.2) is 103 Å². The van der Waals surface area contributed by atoms with Crippen LogP contribution in [0.25, 0.3) is 16.9 Å². The van der Waals surface area contributed by atoms with E-state index in [0.717, 1.165) is 11.1 Å². The van der Waals surface area contributed by atoms with E-state index >= 15 is 0 Å². The average molecular weight is 594 g/mol. The van der Waals surface area contributed by atoms with Gasteiger partial charge in [-0.15, -0.1) is 11.8 Å². The van der Waals surface area contributed by atoms with Crippen LogP contribution < -0.4 is 15.0 Å². The molecule has 0 radical (unpaired) electrons. The second-order valence-corrected chi connectivity index (χ2v) is 11.0. The van der Waals surface area contributed by atoms with Gasteiger partial charge in [-0.3, -0.25) is 19.5 Å². The fourth-order valence-corrected chi connectivity index (χ4v) is 6.24. The van der Waals surface area contributed by atoms with Gasteiger partial charge < -0.3 is 10.1 Å². The summed E-state index contributed by atoms with van der Waals surface area (Å²) in [5.74, 6) is 0.238. The van der Waals surface area contributed by atoms with Gasteiger partial charge >= 0.3 is 0 Å². The molecule has 0 aliphatic carbocycles. The Bertz CT molecular complexity index is 1750. The van der Waals surface area contributed by atoms with Gasteiger partial charge in [-0.05, 0) is 54.1 Å². The zero-order chi connectivity index (χ0) is 29.8. The molecule has 0 saturated carbocycles. The van der Waals surface area contributed by atoms with Gasteiger partial charge in [0.1, 0.15) is 23.9 Å². The third kappa shape index (κ3) is 6.00. The van der Waals surface area contributed by atoms with Crippen LogP contribution >= 0.6 is 11.8 Å². The van der Waals surface area contributed by atoms with Crippen LogP contribution in [0.3, 0.4) is 0 Å². The summed E-state index contributed by atoms with van der Waals surface area (Å²) in [6.07, 6.45) is 1.66. The summed E-state index contributed by atoms with van der Waals surface area (Å²) in [6, 6.07) is 28.8. The van der Waals surface area contributed by atoms with E-state index in [4.69, 9.17) is 9.84 Å². The molecule has 0 fully saturated rings. The fraction of sp³-hybridized carbons (Fsp3) is 0.152. The molecule has 43 heavy (non-hydrogen) atoms. The number of halogens is 1. The van der Waals surface area contributed by atoms with Crippen molar-refractivity contribution in [1.82, 2.24) is 20.1 Å². The number of fused-ring (bicyclic) bond motifs is 1. The first-order valence-corrected chi connectivity index (χ1v) is 14.7. The Balaban J connectivity index is 1.52. The number of nitrogens with zero attached hydrogens (tertiary/aromatic N) is 4. The molecule has 1 aliphatic rings. The summed E-state index contributed by atoms with van der Waals surface area (Å²) in [5, 5.41) is 7.50. The highest BCUT2D eigenvalue weighted by Crippen LogP contribution is 2.48. The lowest BCUT2D eigenvalue weighted by Gasteiger charge is -2.23. The van der Waals surface area contributed by atoms with Gasteiger partial charge in [0.25, 0.3) is 0 Å². The molecule has 1 aliphatic heterocycles. The Labute approximate surface area is 252 Å². The summed E-state index contributed by atoms with van der Waals surface area (Å²) in [7, 11) is 1.59. The minimum atomic E-state index is -0.432. The number of aromatic nitrogens is 3. The summed E-state index contributed by atoms with van der Waals surface area (Å²) in [4.78, 5) is 32.9. The molecule has 2 aromatic heterocycles. The molecule has 8 nitrogen and oxygen atoms in total. The van der Waals surface area contributed by atoms with Gasteiger partial charge in [-0.1, -0.05) is 48.5 Å². The van der Waals surface area contributed by atoms with Crippen molar-refractivity contribution in [2.75, 3.05) is 24.3 Å². The summed E-state index contributed by atoms with van der Waals surface area (Å²) >= 11 is 1.39. The zero-order valence-corrected chi connectivity index (χ0v) is 24.1. The van der Waals surface area contributed by atoms with Crippen LogP contribution in [-0.2, 0) is 16.1 Å². The van der Waals surface area contributed by atoms with E-state index < -0.39 is 5.25 Å². The normalized spacial score (nSPS) is 14.6. The molecular formula is C33H28FN5O3S. The van der Waals surface area contributed by atoms with Gasteiger partial charge in [-0.25, -0.2) is 9.07 Å². The Hall–Kier alpha value is -4.96. The highest BCUT2D eigenvalue weighted by molar-refractivity contribution is 8.00. The summed E-state index contributed by atoms with van der Waals surface area (Å²) in [6.45, 7) is -0.00654. The number of carbonyl (C=O) groups excluding carboxylic acids is 2. The molecule has 3 heterocycles. The van der Waals surface area contributed by atoms with E-state index in [1.54, 1.807) is 30.1 Å². The number of nitrogens with one attached hydrogen (secondary N) is 1. The molecule has 216 valence electrons. The van der Waals surface area contributed by atoms with Gasteiger partial charge in [0.15, 0.2) is 0 Å². The van der Waals surface area contributed by atoms with E-state index in [2.05, 4.69) is 10.3 Å². The van der Waals surface area contributed by atoms with E-state index in [1.807, 2.05) is 72.8 Å². The van der Waals surface area contributed by atoms with E-state index in [-0.39, 0.29) is 36.5 Å². The monoisotopic (exact) mass is 593 g/mol. The van der Waals surface area contributed by atoms with E-state index in [0.29, 0.717) is 34.2 Å². The number of hydrogen-bond donors (Lipinski definition) is 1. The van der Waals surface area contributed by atoms with Crippen LogP contribution in [0.2, 0.25) is 0 Å². The molecule has 0 bridgehead atoms. The second-order valence-electron chi connectivity index (χ2n) is 9.89. The molecular weight excluding hydrogens is 565 g/mol. The second kappa shape index (κ2) is 12.5. The SMILES string of the molecule is COc1ccc(-n2nc(-c3ccccc3)c3c2N(CC(=O)NCc2ccccn2)C(=O)CS[C@@H]3c2cccc(F)c2)cc1. The van der Waals surface area contributed by atoms with E-state index in [1.165, 1.54) is 28.8 Å². The van der Waals surface area contributed by atoms with Gasteiger partial charge in [-0.2, -0.15) is 5.10 Å². The van der Waals surface area contributed by atoms with Crippen molar-refractivity contribution in [3.63, 3.8) is 0 Å². The molecule has 0 unspecified atom stereocenters. The number of benzene rings is 3. The number of methoxy groups -OCH3 is 1. The minimum Gasteiger partial charge on any atom is -0.497 e. The number of anilines is 1. The molecule has 0 spiro atoms. The van der Waals surface area contributed by atoms with Crippen LogP contribution in [0.4, 0.5) is 10.2 Å². The third-order valence-electron chi connectivity index (χ3n) is 7.10. The van der Waals surface area contributed by atoms with Crippen molar-refractivity contribution >= 4 is 29.4 Å². The first-order chi connectivity index (χ1) is 21.0. The number of pyridine rings is 1. The van der Waals surface area contributed by atoms with Crippen LogP contribution in [-0.4, -0.2) is 46.0 Å². The largest absolute Gasteiger partial charge is 0.497 e. The predicted molar refractivity (Wildman–Crippen MR) is 165 cm³/mol. The number of rotatable bonds is 8. The maximum Gasteiger partial charge on any atom is 0.240 e. The van der Waals surface area contributed by atoms with E-state index in [9.17, 15) is 14.0 Å². The number of amides is 2. The lowest BCUT2D eigenvalue weighted by molar-refractivity contribution is -0.123. The van der Waals surface area contributed by atoms with Crippen molar-refractivity contribution in [2.45, 2.75) is 11.8 Å². The first kappa shape index (κ1) is 28.2. The quantitative estimate of drug-likeness (QED) is 0.253. The Morgan fingerprint density at radius 1 is 1.02 bits per heavy atom. The van der Waals surface area contributed by atoms with Crippen molar-refractivity contribution in [2.24, 2.45) is 0 Å².